The van der Waals surface area contributed by atoms with Crippen molar-refractivity contribution in [3.05, 3.63) is 64.7 Å². The van der Waals surface area contributed by atoms with Gasteiger partial charge in [-0.05, 0) is 92.3 Å². The molecule has 5 atom stereocenters. The maximum Gasteiger partial charge on any atom is 0.416 e. The van der Waals surface area contributed by atoms with E-state index in [1.165, 1.54) is 36.6 Å². The number of ether oxygens (including phenoxy) is 2. The summed E-state index contributed by atoms with van der Waals surface area (Å²) < 4.78 is 51.8. The van der Waals surface area contributed by atoms with E-state index in [9.17, 15) is 23.1 Å². The minimum atomic E-state index is -4.41. The number of carbonyl (C=O) groups is 1. The van der Waals surface area contributed by atoms with Crippen molar-refractivity contribution < 1.29 is 32.5 Å². The molecule has 2 heterocycles. The van der Waals surface area contributed by atoms with E-state index in [-0.39, 0.29) is 23.9 Å². The third-order valence-electron chi connectivity index (χ3n) is 10.8. The van der Waals surface area contributed by atoms with Crippen LogP contribution < -0.4 is 9.47 Å². The number of nitrogens with zero attached hydrogens (tertiary/aromatic N) is 2. The lowest BCUT2D eigenvalue weighted by atomic mass is 9.48. The van der Waals surface area contributed by atoms with Gasteiger partial charge < -0.3 is 19.5 Å². The van der Waals surface area contributed by atoms with Crippen LogP contribution in [0, 0.1) is 11.8 Å². The van der Waals surface area contributed by atoms with Crippen molar-refractivity contribution >= 4 is 12.0 Å². The summed E-state index contributed by atoms with van der Waals surface area (Å²) >= 11 is 0. The quantitative estimate of drug-likeness (QED) is 0.381. The van der Waals surface area contributed by atoms with Crippen LogP contribution in [0.25, 0.3) is 6.08 Å². The number of aliphatic hydroxyl groups is 1. The van der Waals surface area contributed by atoms with Crippen LogP contribution >= 0.6 is 0 Å². The molecule has 1 N–H and O–H groups in total. The van der Waals surface area contributed by atoms with Gasteiger partial charge in [-0.15, -0.1) is 0 Å². The minimum absolute atomic E-state index is 0.00967. The van der Waals surface area contributed by atoms with E-state index in [0.29, 0.717) is 42.4 Å². The first-order chi connectivity index (χ1) is 21.0. The summed E-state index contributed by atoms with van der Waals surface area (Å²) in [6, 6.07) is 8.60. The van der Waals surface area contributed by atoms with Crippen molar-refractivity contribution in [3.63, 3.8) is 0 Å². The van der Waals surface area contributed by atoms with Gasteiger partial charge >= 0.3 is 6.18 Å². The molecule has 1 spiro atoms. The first-order valence-electron chi connectivity index (χ1n) is 16.0. The molecule has 0 radical (unpaired) electrons. The summed E-state index contributed by atoms with van der Waals surface area (Å²) in [5.41, 5.74) is 0.401. The Morgan fingerprint density at radius 2 is 1.91 bits per heavy atom. The predicted octanol–water partition coefficient (Wildman–Crippen LogP) is 5.84. The van der Waals surface area contributed by atoms with Gasteiger partial charge in [-0.25, -0.2) is 0 Å². The number of amides is 1. The van der Waals surface area contributed by atoms with Gasteiger partial charge in [0.15, 0.2) is 11.5 Å². The SMILES string of the molecule is COc1ccc2c3c1O[C@H]1[C@H](N(CC(C)C)C(=O)C=Cc4ccc(C(F)(F)F)cc4)CC[C@@]4(O)[C@@H](C2)N(CC2CC2)CC[C@]314. The van der Waals surface area contributed by atoms with Crippen LogP contribution in [0.1, 0.15) is 68.2 Å². The molecule has 44 heavy (non-hydrogen) atoms. The van der Waals surface area contributed by atoms with Crippen molar-refractivity contribution in [2.24, 2.45) is 11.8 Å². The molecule has 1 amide bonds. The molecule has 2 saturated carbocycles. The van der Waals surface area contributed by atoms with Crippen molar-refractivity contribution in [3.8, 4) is 11.5 Å². The second kappa shape index (κ2) is 10.5. The van der Waals surface area contributed by atoms with Crippen molar-refractivity contribution in [1.82, 2.24) is 9.80 Å². The Bertz CT molecular complexity index is 1470. The van der Waals surface area contributed by atoms with Crippen molar-refractivity contribution in [1.29, 1.82) is 0 Å². The Kier molecular flexibility index (Phi) is 7.09. The number of carbonyl (C=O) groups excluding carboxylic acids is 1. The van der Waals surface area contributed by atoms with Gasteiger partial charge in [0, 0.05) is 30.8 Å². The Hall–Kier alpha value is -3.04. The van der Waals surface area contributed by atoms with E-state index in [1.807, 2.05) is 11.0 Å². The first kappa shape index (κ1) is 29.7. The zero-order chi connectivity index (χ0) is 31.0. The number of hydrogen-bond acceptors (Lipinski definition) is 5. The molecule has 0 unspecified atom stereocenters. The maximum absolute atomic E-state index is 14.0. The van der Waals surface area contributed by atoms with Crippen LogP contribution in [0.2, 0.25) is 0 Å². The molecule has 6 nitrogen and oxygen atoms in total. The van der Waals surface area contributed by atoms with Gasteiger partial charge in [0.05, 0.1) is 29.7 Å². The maximum atomic E-state index is 14.0. The van der Waals surface area contributed by atoms with Crippen molar-refractivity contribution in [2.75, 3.05) is 26.7 Å². The summed E-state index contributed by atoms with van der Waals surface area (Å²) in [7, 11) is 1.63. The highest BCUT2D eigenvalue weighted by molar-refractivity contribution is 5.92. The van der Waals surface area contributed by atoms with E-state index in [2.05, 4.69) is 24.8 Å². The van der Waals surface area contributed by atoms with E-state index < -0.39 is 28.9 Å². The molecule has 0 aromatic heterocycles. The average Bonchev–Trinajstić information content (AvgIpc) is 3.73. The van der Waals surface area contributed by atoms with Crippen LogP contribution in [0.4, 0.5) is 13.2 Å². The molecule has 2 bridgehead atoms. The van der Waals surface area contributed by atoms with Crippen LogP contribution in [0.3, 0.4) is 0 Å². The molecule has 5 aliphatic rings. The lowest BCUT2D eigenvalue weighted by Crippen LogP contribution is -2.78. The Morgan fingerprint density at radius 3 is 2.57 bits per heavy atom. The molecule has 236 valence electrons. The summed E-state index contributed by atoms with van der Waals surface area (Å²) in [5, 5.41) is 12.9. The van der Waals surface area contributed by atoms with Gasteiger partial charge in [0.25, 0.3) is 0 Å². The fourth-order valence-corrected chi connectivity index (χ4v) is 8.75. The van der Waals surface area contributed by atoms with Gasteiger partial charge in [-0.2, -0.15) is 13.2 Å². The fraction of sp³-hybridized carbons (Fsp3) is 0.571. The van der Waals surface area contributed by atoms with E-state index in [1.54, 1.807) is 13.2 Å². The zero-order valence-corrected chi connectivity index (χ0v) is 25.6. The summed E-state index contributed by atoms with van der Waals surface area (Å²) in [4.78, 5) is 18.4. The average molecular weight is 611 g/mol. The number of hydrogen-bond donors (Lipinski definition) is 1. The second-order valence-corrected chi connectivity index (χ2v) is 13.9. The molecule has 7 rings (SSSR count). The monoisotopic (exact) mass is 610 g/mol. The third kappa shape index (κ3) is 4.56. The Labute approximate surface area is 256 Å². The normalized spacial score (nSPS) is 30.8. The molecule has 2 aromatic carbocycles. The summed E-state index contributed by atoms with van der Waals surface area (Å²) in [5.74, 6) is 2.02. The Balaban J connectivity index is 1.25. The zero-order valence-electron chi connectivity index (χ0n) is 25.6. The van der Waals surface area contributed by atoms with E-state index >= 15 is 0 Å². The Morgan fingerprint density at radius 1 is 1.16 bits per heavy atom. The highest BCUT2D eigenvalue weighted by atomic mass is 19.4. The summed E-state index contributed by atoms with van der Waals surface area (Å²) in [6.45, 7) is 6.51. The number of alkyl halides is 3. The minimum Gasteiger partial charge on any atom is -0.493 e. The van der Waals surface area contributed by atoms with E-state index in [4.69, 9.17) is 9.47 Å². The molecule has 9 heteroatoms. The number of rotatable bonds is 8. The number of halogens is 3. The van der Waals surface area contributed by atoms with E-state index in [0.717, 1.165) is 43.6 Å². The van der Waals surface area contributed by atoms with Gasteiger partial charge in [-0.3, -0.25) is 9.69 Å². The highest BCUT2D eigenvalue weighted by Crippen LogP contribution is 2.66. The number of methoxy groups -OCH3 is 1. The van der Waals surface area contributed by atoms with Crippen LogP contribution in [0.15, 0.2) is 42.5 Å². The molecular weight excluding hydrogens is 569 g/mol. The van der Waals surface area contributed by atoms with Crippen LogP contribution in [-0.4, -0.2) is 71.3 Å². The number of likely N-dealkylation sites (tertiary alicyclic amines) is 1. The lowest BCUT2D eigenvalue weighted by molar-refractivity contribution is -0.201. The largest absolute Gasteiger partial charge is 0.493 e. The first-order valence-corrected chi connectivity index (χ1v) is 16.0. The van der Waals surface area contributed by atoms with Crippen LogP contribution in [-0.2, 0) is 22.8 Å². The predicted molar refractivity (Wildman–Crippen MR) is 160 cm³/mol. The highest BCUT2D eigenvalue weighted by Gasteiger charge is 2.73. The van der Waals surface area contributed by atoms with Gasteiger partial charge in [0.1, 0.15) is 6.10 Å². The van der Waals surface area contributed by atoms with Crippen LogP contribution in [0.5, 0.6) is 11.5 Å². The smallest absolute Gasteiger partial charge is 0.416 e. The lowest BCUT2D eigenvalue weighted by Gasteiger charge is -2.65. The standard InChI is InChI=1S/C35H41F3N2O4/c1-21(2)19-40(29(41)13-8-22-6-10-25(11-7-22)35(36,37)38)26-14-15-34(42)28-18-24-9-12-27(43-3)31-30(24)33(34,32(26)44-31)16-17-39(28)20-23-4-5-23/h6-13,21,23,26,28,32,42H,4-5,14-20H2,1-3H3/t26-,28-,32+,33+,34-/m1/s1. The number of piperidine rings is 1. The topological polar surface area (TPSA) is 62.2 Å². The molecule has 3 fully saturated rings. The summed E-state index contributed by atoms with van der Waals surface area (Å²) in [6.07, 6.45) is 3.34. The molecule has 3 aliphatic carbocycles. The fourth-order valence-electron chi connectivity index (χ4n) is 8.75. The molecule has 2 aliphatic heterocycles. The van der Waals surface area contributed by atoms with Crippen molar-refractivity contribution in [2.45, 2.75) is 87.8 Å². The van der Waals surface area contributed by atoms with Gasteiger partial charge in [0.2, 0.25) is 5.91 Å². The molecular formula is C35H41F3N2O4. The molecule has 1 saturated heterocycles. The second-order valence-electron chi connectivity index (χ2n) is 13.9. The van der Waals surface area contributed by atoms with Gasteiger partial charge in [-0.1, -0.05) is 32.0 Å². The molecule has 2 aromatic rings. The number of benzene rings is 2. The third-order valence-corrected chi connectivity index (χ3v) is 10.8.